The lowest BCUT2D eigenvalue weighted by Gasteiger charge is -2.32. The summed E-state index contributed by atoms with van der Waals surface area (Å²) < 4.78 is 39.2. The Morgan fingerprint density at radius 1 is 0.951 bits per heavy atom. The first-order chi connectivity index (χ1) is 19.6. The quantitative estimate of drug-likeness (QED) is 0.264. The van der Waals surface area contributed by atoms with Crippen LogP contribution in [0.3, 0.4) is 0 Å². The van der Waals surface area contributed by atoms with Crippen molar-refractivity contribution in [1.82, 2.24) is 10.2 Å². The minimum atomic E-state index is -4.22. The maximum Gasteiger partial charge on any atom is 0.264 e. The molecule has 3 rings (SSSR count). The molecule has 0 aliphatic rings. The molecule has 1 atom stereocenters. The lowest BCUT2D eigenvalue weighted by atomic mass is 10.1. The van der Waals surface area contributed by atoms with E-state index >= 15 is 0 Å². The fraction of sp³-hybridized carbons (Fsp3) is 0.333. The van der Waals surface area contributed by atoms with Gasteiger partial charge in [0.1, 0.15) is 24.1 Å². The van der Waals surface area contributed by atoms with Gasteiger partial charge in [-0.05, 0) is 73.5 Å². The molecule has 9 nitrogen and oxygen atoms in total. The molecule has 0 saturated carbocycles. The molecule has 0 radical (unpaired) electrons. The minimum Gasteiger partial charge on any atom is -0.497 e. The van der Waals surface area contributed by atoms with Crippen molar-refractivity contribution in [2.45, 2.75) is 44.2 Å². The number of benzene rings is 3. The normalized spacial score (nSPS) is 11.8. The Morgan fingerprint density at radius 3 is 2.12 bits per heavy atom. The number of sulfonamides is 1. The van der Waals surface area contributed by atoms with Gasteiger partial charge in [-0.3, -0.25) is 13.9 Å². The monoisotopic (exact) mass is 601 g/mol. The van der Waals surface area contributed by atoms with Crippen LogP contribution in [0.2, 0.25) is 5.02 Å². The van der Waals surface area contributed by atoms with Gasteiger partial charge in [-0.2, -0.15) is 0 Å². The number of rotatable bonds is 14. The standard InChI is InChI=1S/C30H36ClN3O6S/c1-5-6-18-32-30(36)22(2)33(20-23-10-12-26(39-3)13-11-23)29(35)21-34(25-9-7-8-24(31)19-25)41(37,38)28-16-14-27(40-4)15-17-28/h7-17,19,22H,5-6,18,20-21H2,1-4H3,(H,32,36)/t22-/m0/s1. The SMILES string of the molecule is CCCCNC(=O)[C@H](C)N(Cc1ccc(OC)cc1)C(=O)CN(c1cccc(Cl)c1)S(=O)(=O)c1ccc(OC)cc1. The third-order valence-electron chi connectivity index (χ3n) is 6.53. The van der Waals surface area contributed by atoms with E-state index in [4.69, 9.17) is 21.1 Å². The van der Waals surface area contributed by atoms with E-state index in [0.29, 0.717) is 23.1 Å². The van der Waals surface area contributed by atoms with Gasteiger partial charge in [-0.1, -0.05) is 43.1 Å². The van der Waals surface area contributed by atoms with Gasteiger partial charge in [0.2, 0.25) is 11.8 Å². The zero-order valence-corrected chi connectivity index (χ0v) is 25.2. The summed E-state index contributed by atoms with van der Waals surface area (Å²) in [6.07, 6.45) is 1.70. The van der Waals surface area contributed by atoms with Gasteiger partial charge in [-0.15, -0.1) is 0 Å². The van der Waals surface area contributed by atoms with Gasteiger partial charge in [0.05, 0.1) is 24.8 Å². The molecule has 3 aromatic carbocycles. The number of amides is 2. The van der Waals surface area contributed by atoms with Crippen LogP contribution in [0, 0.1) is 0 Å². The van der Waals surface area contributed by atoms with Crippen molar-refractivity contribution in [3.8, 4) is 11.5 Å². The average molecular weight is 602 g/mol. The van der Waals surface area contributed by atoms with Crippen LogP contribution in [-0.2, 0) is 26.2 Å². The first-order valence-electron chi connectivity index (χ1n) is 13.2. The molecule has 0 fully saturated rings. The van der Waals surface area contributed by atoms with Gasteiger partial charge in [0.15, 0.2) is 0 Å². The molecule has 0 aliphatic carbocycles. The van der Waals surface area contributed by atoms with Gasteiger partial charge in [-0.25, -0.2) is 8.42 Å². The van der Waals surface area contributed by atoms with E-state index in [0.717, 1.165) is 22.7 Å². The predicted octanol–water partition coefficient (Wildman–Crippen LogP) is 4.89. The van der Waals surface area contributed by atoms with Crippen molar-refractivity contribution < 1.29 is 27.5 Å². The van der Waals surface area contributed by atoms with Crippen molar-refractivity contribution in [2.24, 2.45) is 0 Å². The van der Waals surface area contributed by atoms with Gasteiger partial charge in [0, 0.05) is 18.1 Å². The second-order valence-electron chi connectivity index (χ2n) is 9.36. The number of unbranched alkanes of at least 4 members (excludes halogenated alkanes) is 1. The largest absolute Gasteiger partial charge is 0.497 e. The molecule has 0 bridgehead atoms. The van der Waals surface area contributed by atoms with E-state index < -0.39 is 28.5 Å². The number of anilines is 1. The van der Waals surface area contributed by atoms with Crippen molar-refractivity contribution in [2.75, 3.05) is 31.6 Å². The number of nitrogens with zero attached hydrogens (tertiary/aromatic N) is 2. The molecule has 3 aromatic rings. The molecule has 220 valence electrons. The van der Waals surface area contributed by atoms with Gasteiger partial charge in [0.25, 0.3) is 10.0 Å². The Bertz CT molecular complexity index is 1410. The maximum absolute atomic E-state index is 14.0. The summed E-state index contributed by atoms with van der Waals surface area (Å²) in [6.45, 7) is 3.65. The molecule has 1 N–H and O–H groups in total. The Balaban J connectivity index is 2.00. The van der Waals surface area contributed by atoms with E-state index in [1.165, 1.54) is 42.3 Å². The molecule has 0 heterocycles. The summed E-state index contributed by atoms with van der Waals surface area (Å²) in [5.41, 5.74) is 0.964. The highest BCUT2D eigenvalue weighted by Gasteiger charge is 2.32. The summed E-state index contributed by atoms with van der Waals surface area (Å²) in [7, 11) is -1.17. The lowest BCUT2D eigenvalue weighted by Crippen LogP contribution is -2.51. The van der Waals surface area contributed by atoms with Crippen molar-refractivity contribution in [3.05, 3.63) is 83.4 Å². The number of carbonyl (C=O) groups excluding carboxylic acids is 2. The third-order valence-corrected chi connectivity index (χ3v) is 8.55. The predicted molar refractivity (Wildman–Crippen MR) is 160 cm³/mol. The van der Waals surface area contributed by atoms with Crippen LogP contribution in [-0.4, -0.2) is 58.5 Å². The number of nitrogens with one attached hydrogen (secondary N) is 1. The molecule has 0 saturated heterocycles. The summed E-state index contributed by atoms with van der Waals surface area (Å²) in [5, 5.41) is 3.18. The molecular weight excluding hydrogens is 566 g/mol. The van der Waals surface area contributed by atoms with Crippen LogP contribution in [0.25, 0.3) is 0 Å². The van der Waals surface area contributed by atoms with Crippen LogP contribution >= 0.6 is 11.6 Å². The van der Waals surface area contributed by atoms with Crippen LogP contribution in [0.4, 0.5) is 5.69 Å². The van der Waals surface area contributed by atoms with Gasteiger partial charge >= 0.3 is 0 Å². The number of hydrogen-bond donors (Lipinski definition) is 1. The molecular formula is C30H36ClN3O6S. The molecule has 0 aromatic heterocycles. The van der Waals surface area contributed by atoms with Gasteiger partial charge < -0.3 is 19.7 Å². The first kappa shape index (κ1) is 31.8. The molecule has 11 heteroatoms. The Hall–Kier alpha value is -3.76. The van der Waals surface area contributed by atoms with Crippen LogP contribution in [0.5, 0.6) is 11.5 Å². The topological polar surface area (TPSA) is 105 Å². The smallest absolute Gasteiger partial charge is 0.264 e. The van der Waals surface area contributed by atoms with Crippen molar-refractivity contribution >= 4 is 39.1 Å². The zero-order chi connectivity index (χ0) is 30.0. The summed E-state index contributed by atoms with van der Waals surface area (Å²) in [4.78, 5) is 28.4. The highest BCUT2D eigenvalue weighted by molar-refractivity contribution is 7.92. The molecule has 41 heavy (non-hydrogen) atoms. The number of carbonyl (C=O) groups is 2. The zero-order valence-electron chi connectivity index (χ0n) is 23.7. The van der Waals surface area contributed by atoms with Crippen LogP contribution in [0.1, 0.15) is 32.3 Å². The van der Waals surface area contributed by atoms with E-state index in [1.807, 2.05) is 6.92 Å². The summed E-state index contributed by atoms with van der Waals surface area (Å²) in [5.74, 6) is 0.251. The van der Waals surface area contributed by atoms with Crippen molar-refractivity contribution in [1.29, 1.82) is 0 Å². The first-order valence-corrected chi connectivity index (χ1v) is 15.0. The third kappa shape index (κ3) is 8.37. The number of hydrogen-bond acceptors (Lipinski definition) is 6. The number of ether oxygens (including phenoxy) is 2. The molecule has 2 amide bonds. The fourth-order valence-corrected chi connectivity index (χ4v) is 5.67. The van der Waals surface area contributed by atoms with E-state index in [1.54, 1.807) is 56.5 Å². The van der Waals surface area contributed by atoms with Crippen molar-refractivity contribution in [3.63, 3.8) is 0 Å². The van der Waals surface area contributed by atoms with E-state index in [9.17, 15) is 18.0 Å². The van der Waals surface area contributed by atoms with E-state index in [-0.39, 0.29) is 23.0 Å². The number of methoxy groups -OCH3 is 2. The maximum atomic E-state index is 14.0. The number of halogens is 1. The second kappa shape index (κ2) is 14.7. The van der Waals surface area contributed by atoms with Crippen LogP contribution < -0.4 is 19.1 Å². The summed E-state index contributed by atoms with van der Waals surface area (Å²) in [6, 6.07) is 18.4. The van der Waals surface area contributed by atoms with Crippen LogP contribution in [0.15, 0.2) is 77.7 Å². The van der Waals surface area contributed by atoms with E-state index in [2.05, 4.69) is 5.32 Å². The Labute approximate surface area is 247 Å². The highest BCUT2D eigenvalue weighted by atomic mass is 35.5. The lowest BCUT2D eigenvalue weighted by molar-refractivity contribution is -0.139. The summed E-state index contributed by atoms with van der Waals surface area (Å²) >= 11 is 6.21. The molecule has 0 unspecified atom stereocenters. The Morgan fingerprint density at radius 2 is 1.56 bits per heavy atom. The molecule has 0 spiro atoms. The fourth-order valence-electron chi connectivity index (χ4n) is 4.08. The highest BCUT2D eigenvalue weighted by Crippen LogP contribution is 2.28. The molecule has 0 aliphatic heterocycles. The average Bonchev–Trinajstić information content (AvgIpc) is 2.98. The Kier molecular flexibility index (Phi) is 11.4. The second-order valence-corrected chi connectivity index (χ2v) is 11.7. The minimum absolute atomic E-state index is 0.0295.